The third kappa shape index (κ3) is 4.85. The largest absolute Gasteiger partial charge is 0.481 e. The van der Waals surface area contributed by atoms with Crippen LogP contribution in [0, 0.1) is 6.92 Å². The van der Waals surface area contributed by atoms with Gasteiger partial charge in [-0.05, 0) is 55.5 Å². The summed E-state index contributed by atoms with van der Waals surface area (Å²) >= 11 is 1.35. The van der Waals surface area contributed by atoms with E-state index < -0.39 is 5.97 Å². The van der Waals surface area contributed by atoms with E-state index in [4.69, 9.17) is 4.74 Å². The standard InChI is InChI=1S/C24H20N2O3S/c1-16-7-11-18(12-8-16)25-24-26-23(21(30-24)15-22(27)28)17-9-13-20(14-10-17)29-19-5-3-2-4-6-19/h2-14H,15H2,1H3,(H,25,26)(H,27,28). The second kappa shape index (κ2) is 8.80. The molecule has 0 radical (unpaired) electrons. The minimum Gasteiger partial charge on any atom is -0.481 e. The van der Waals surface area contributed by atoms with Crippen LogP contribution in [0.2, 0.25) is 0 Å². The Morgan fingerprint density at radius 2 is 1.63 bits per heavy atom. The smallest absolute Gasteiger partial charge is 0.308 e. The summed E-state index contributed by atoms with van der Waals surface area (Å²) in [5.74, 6) is 0.582. The molecule has 0 aliphatic heterocycles. The van der Waals surface area contributed by atoms with E-state index in [1.165, 1.54) is 16.9 Å². The van der Waals surface area contributed by atoms with E-state index in [1.54, 1.807) is 0 Å². The van der Waals surface area contributed by atoms with Crippen molar-refractivity contribution in [3.63, 3.8) is 0 Å². The van der Waals surface area contributed by atoms with Crippen molar-refractivity contribution in [1.29, 1.82) is 0 Å². The van der Waals surface area contributed by atoms with Gasteiger partial charge in [0.2, 0.25) is 0 Å². The number of para-hydroxylation sites is 1. The first-order valence-corrected chi connectivity index (χ1v) is 10.3. The number of hydrogen-bond acceptors (Lipinski definition) is 5. The van der Waals surface area contributed by atoms with Gasteiger partial charge in [-0.25, -0.2) is 4.98 Å². The number of rotatable bonds is 7. The molecule has 4 rings (SSSR count). The van der Waals surface area contributed by atoms with Gasteiger partial charge in [0, 0.05) is 16.1 Å². The number of hydrogen-bond donors (Lipinski definition) is 2. The van der Waals surface area contributed by atoms with Crippen molar-refractivity contribution in [2.24, 2.45) is 0 Å². The van der Waals surface area contributed by atoms with E-state index in [9.17, 15) is 9.90 Å². The molecule has 0 amide bonds. The van der Waals surface area contributed by atoms with Gasteiger partial charge in [0.05, 0.1) is 12.1 Å². The first-order valence-electron chi connectivity index (χ1n) is 9.45. The van der Waals surface area contributed by atoms with E-state index in [2.05, 4.69) is 10.3 Å². The van der Waals surface area contributed by atoms with Crippen LogP contribution in [-0.4, -0.2) is 16.1 Å². The van der Waals surface area contributed by atoms with Gasteiger partial charge in [0.25, 0.3) is 0 Å². The number of aryl methyl sites for hydroxylation is 1. The normalized spacial score (nSPS) is 10.6. The number of benzene rings is 3. The lowest BCUT2D eigenvalue weighted by Crippen LogP contribution is -1.99. The second-order valence-corrected chi connectivity index (χ2v) is 7.88. The Kier molecular flexibility index (Phi) is 5.77. The van der Waals surface area contributed by atoms with Crippen molar-refractivity contribution in [3.05, 3.63) is 89.3 Å². The van der Waals surface area contributed by atoms with Crippen LogP contribution in [0.5, 0.6) is 11.5 Å². The zero-order valence-corrected chi connectivity index (χ0v) is 17.1. The average Bonchev–Trinajstić information content (AvgIpc) is 3.12. The van der Waals surface area contributed by atoms with Gasteiger partial charge in [0.1, 0.15) is 11.5 Å². The van der Waals surface area contributed by atoms with Crippen LogP contribution >= 0.6 is 11.3 Å². The molecule has 5 nitrogen and oxygen atoms in total. The highest BCUT2D eigenvalue weighted by atomic mass is 32.1. The van der Waals surface area contributed by atoms with Crippen LogP contribution in [-0.2, 0) is 11.2 Å². The third-order valence-electron chi connectivity index (χ3n) is 4.42. The number of nitrogens with one attached hydrogen (secondary N) is 1. The predicted molar refractivity (Wildman–Crippen MR) is 120 cm³/mol. The van der Waals surface area contributed by atoms with Crippen LogP contribution in [0.4, 0.5) is 10.8 Å². The van der Waals surface area contributed by atoms with Gasteiger partial charge in [-0.2, -0.15) is 0 Å². The number of carboxylic acids is 1. The van der Waals surface area contributed by atoms with Crippen LogP contribution in [0.15, 0.2) is 78.9 Å². The van der Waals surface area contributed by atoms with Crippen molar-refractivity contribution in [2.75, 3.05) is 5.32 Å². The maximum Gasteiger partial charge on any atom is 0.308 e. The maximum absolute atomic E-state index is 11.4. The Morgan fingerprint density at radius 3 is 2.30 bits per heavy atom. The molecule has 0 unspecified atom stereocenters. The van der Waals surface area contributed by atoms with Crippen molar-refractivity contribution in [2.45, 2.75) is 13.3 Å². The van der Waals surface area contributed by atoms with Crippen molar-refractivity contribution < 1.29 is 14.6 Å². The molecular formula is C24H20N2O3S. The number of carboxylic acid groups (broad SMARTS) is 1. The molecule has 30 heavy (non-hydrogen) atoms. The van der Waals surface area contributed by atoms with Gasteiger partial charge in [-0.15, -0.1) is 11.3 Å². The lowest BCUT2D eigenvalue weighted by molar-refractivity contribution is -0.136. The molecule has 0 aliphatic carbocycles. The van der Waals surface area contributed by atoms with E-state index in [-0.39, 0.29) is 6.42 Å². The Bertz CT molecular complexity index is 1140. The fraction of sp³-hybridized carbons (Fsp3) is 0.0833. The fourth-order valence-electron chi connectivity index (χ4n) is 2.95. The van der Waals surface area contributed by atoms with Gasteiger partial charge in [0.15, 0.2) is 5.13 Å². The molecule has 0 fully saturated rings. The Hall–Kier alpha value is -3.64. The highest BCUT2D eigenvalue weighted by molar-refractivity contribution is 7.16. The van der Waals surface area contributed by atoms with Crippen LogP contribution in [0.3, 0.4) is 0 Å². The molecule has 0 saturated carbocycles. The van der Waals surface area contributed by atoms with Crippen LogP contribution < -0.4 is 10.1 Å². The number of carbonyl (C=O) groups is 1. The summed E-state index contributed by atoms with van der Waals surface area (Å²) in [6.45, 7) is 2.03. The zero-order chi connectivity index (χ0) is 20.9. The lowest BCUT2D eigenvalue weighted by Gasteiger charge is -2.06. The summed E-state index contributed by atoms with van der Waals surface area (Å²) in [4.78, 5) is 16.7. The van der Waals surface area contributed by atoms with Crippen LogP contribution in [0.25, 0.3) is 11.3 Å². The van der Waals surface area contributed by atoms with E-state index in [0.29, 0.717) is 21.5 Å². The Labute approximate surface area is 178 Å². The number of aromatic nitrogens is 1. The average molecular weight is 417 g/mol. The summed E-state index contributed by atoms with van der Waals surface area (Å²) in [5.41, 5.74) is 3.60. The van der Waals surface area contributed by atoms with Crippen molar-refractivity contribution >= 4 is 28.1 Å². The Morgan fingerprint density at radius 1 is 0.967 bits per heavy atom. The highest BCUT2D eigenvalue weighted by Gasteiger charge is 2.16. The first-order chi connectivity index (χ1) is 14.6. The predicted octanol–water partition coefficient (Wildman–Crippen LogP) is 6.28. The molecule has 2 N–H and O–H groups in total. The van der Waals surface area contributed by atoms with Gasteiger partial charge in [-0.1, -0.05) is 35.9 Å². The number of thiazole rings is 1. The molecule has 1 heterocycles. The number of anilines is 2. The lowest BCUT2D eigenvalue weighted by atomic mass is 10.1. The minimum atomic E-state index is -0.884. The summed E-state index contributed by atoms with van der Waals surface area (Å²) < 4.78 is 5.83. The fourth-order valence-corrected chi connectivity index (χ4v) is 3.95. The highest BCUT2D eigenvalue weighted by Crippen LogP contribution is 2.34. The molecular weight excluding hydrogens is 396 g/mol. The second-order valence-electron chi connectivity index (χ2n) is 6.79. The summed E-state index contributed by atoms with van der Waals surface area (Å²) in [6, 6.07) is 25.0. The molecule has 0 atom stereocenters. The molecule has 150 valence electrons. The van der Waals surface area contributed by atoms with Crippen molar-refractivity contribution in [3.8, 4) is 22.8 Å². The molecule has 6 heteroatoms. The molecule has 3 aromatic carbocycles. The zero-order valence-electron chi connectivity index (χ0n) is 16.3. The molecule has 0 spiro atoms. The SMILES string of the molecule is Cc1ccc(Nc2nc(-c3ccc(Oc4ccccc4)cc3)c(CC(=O)O)s2)cc1. The summed E-state index contributed by atoms with van der Waals surface area (Å²) in [5, 5.41) is 13.2. The third-order valence-corrected chi connectivity index (χ3v) is 5.39. The van der Waals surface area contributed by atoms with Gasteiger partial charge < -0.3 is 15.2 Å². The van der Waals surface area contributed by atoms with E-state index >= 15 is 0 Å². The molecule has 4 aromatic rings. The quantitative estimate of drug-likeness (QED) is 0.371. The molecule has 1 aromatic heterocycles. The first kappa shape index (κ1) is 19.7. The molecule has 0 saturated heterocycles. The number of ether oxygens (including phenoxy) is 1. The van der Waals surface area contributed by atoms with Crippen LogP contribution in [0.1, 0.15) is 10.4 Å². The minimum absolute atomic E-state index is 0.0785. The molecule has 0 aliphatic rings. The topological polar surface area (TPSA) is 71.5 Å². The summed E-state index contributed by atoms with van der Waals surface area (Å²) in [6.07, 6.45) is -0.0785. The van der Waals surface area contributed by atoms with Gasteiger partial charge in [-0.3, -0.25) is 4.79 Å². The monoisotopic (exact) mass is 416 g/mol. The van der Waals surface area contributed by atoms with Gasteiger partial charge >= 0.3 is 5.97 Å². The van der Waals surface area contributed by atoms with E-state index in [0.717, 1.165) is 17.0 Å². The Balaban J connectivity index is 1.59. The maximum atomic E-state index is 11.4. The van der Waals surface area contributed by atoms with Crippen molar-refractivity contribution in [1.82, 2.24) is 4.98 Å². The number of aliphatic carboxylic acids is 1. The summed E-state index contributed by atoms with van der Waals surface area (Å²) in [7, 11) is 0. The molecule has 0 bridgehead atoms. The number of nitrogens with zero attached hydrogens (tertiary/aromatic N) is 1. The van der Waals surface area contributed by atoms with E-state index in [1.807, 2.05) is 85.8 Å².